The molecule has 1 aromatic carbocycles. The van der Waals surface area contributed by atoms with Gasteiger partial charge in [0.15, 0.2) is 0 Å². The molecule has 0 unspecified atom stereocenters. The number of nitrogens with one attached hydrogen (secondary N) is 1. The van der Waals surface area contributed by atoms with Crippen molar-refractivity contribution in [2.24, 2.45) is 0 Å². The molecule has 0 saturated heterocycles. The van der Waals surface area contributed by atoms with Gasteiger partial charge in [-0.3, -0.25) is 0 Å². The van der Waals surface area contributed by atoms with Crippen LogP contribution in [0, 0.1) is 6.92 Å². The molecule has 12 heavy (non-hydrogen) atoms. The van der Waals surface area contributed by atoms with Crippen LogP contribution >= 0.6 is 0 Å². The lowest BCUT2D eigenvalue weighted by atomic mass is 10.0. The zero-order chi connectivity index (χ0) is 8.55. The summed E-state index contributed by atoms with van der Waals surface area (Å²) in [6.07, 6.45) is 2.20. The van der Waals surface area contributed by atoms with Crippen molar-refractivity contribution in [1.82, 2.24) is 5.32 Å². The third-order valence-corrected chi connectivity index (χ3v) is 2.23. The lowest BCUT2D eigenvalue weighted by Crippen LogP contribution is -2.15. The van der Waals surface area contributed by atoms with Crippen molar-refractivity contribution >= 4 is 6.08 Å². The van der Waals surface area contributed by atoms with Gasteiger partial charge >= 0.3 is 0 Å². The average molecular weight is 159 g/mol. The van der Waals surface area contributed by atoms with Crippen molar-refractivity contribution < 1.29 is 0 Å². The molecule has 0 amide bonds. The Hall–Kier alpha value is -1.24. The number of rotatable bonds is 0. The molecule has 2 rings (SSSR count). The summed E-state index contributed by atoms with van der Waals surface area (Å²) in [4.78, 5) is 0. The van der Waals surface area contributed by atoms with Crippen molar-refractivity contribution in [3.05, 3.63) is 40.6 Å². The predicted molar refractivity (Wildman–Crippen MR) is 51.7 cm³/mol. The van der Waals surface area contributed by atoms with Gasteiger partial charge in [0.2, 0.25) is 0 Å². The van der Waals surface area contributed by atoms with E-state index in [0.29, 0.717) is 0 Å². The number of allylic oxidation sites excluding steroid dienone is 1. The number of fused-ring (bicyclic) bond motifs is 1. The van der Waals surface area contributed by atoms with Gasteiger partial charge in [0.05, 0.1) is 0 Å². The SMILES string of the molecule is CC1=Cc2cc(C)ccc2CN1. The van der Waals surface area contributed by atoms with E-state index < -0.39 is 0 Å². The number of hydrogen-bond acceptors (Lipinski definition) is 1. The summed E-state index contributed by atoms with van der Waals surface area (Å²) in [6.45, 7) is 5.20. The molecule has 1 aromatic rings. The molecular weight excluding hydrogens is 146 g/mol. The van der Waals surface area contributed by atoms with E-state index >= 15 is 0 Å². The summed E-state index contributed by atoms with van der Waals surface area (Å²) in [5.41, 5.74) is 5.35. The largest absolute Gasteiger partial charge is 0.384 e. The van der Waals surface area contributed by atoms with Gasteiger partial charge in [0, 0.05) is 12.2 Å². The normalized spacial score (nSPS) is 14.7. The summed E-state index contributed by atoms with van der Waals surface area (Å²) in [6, 6.07) is 6.59. The second kappa shape index (κ2) is 2.67. The molecule has 0 aliphatic carbocycles. The minimum atomic E-state index is 0.970. The lowest BCUT2D eigenvalue weighted by Gasteiger charge is -2.16. The maximum atomic E-state index is 3.32. The smallest absolute Gasteiger partial charge is 0.0403 e. The zero-order valence-corrected chi connectivity index (χ0v) is 7.52. The molecule has 1 N–H and O–H groups in total. The first-order valence-corrected chi connectivity index (χ1v) is 4.27. The molecule has 0 atom stereocenters. The van der Waals surface area contributed by atoms with Gasteiger partial charge in [0.1, 0.15) is 0 Å². The molecule has 1 nitrogen and oxygen atoms in total. The van der Waals surface area contributed by atoms with Crippen LogP contribution in [0.5, 0.6) is 0 Å². The fourth-order valence-corrected chi connectivity index (χ4v) is 1.53. The number of hydrogen-bond donors (Lipinski definition) is 1. The quantitative estimate of drug-likeness (QED) is 0.613. The van der Waals surface area contributed by atoms with Gasteiger partial charge in [-0.15, -0.1) is 0 Å². The van der Waals surface area contributed by atoms with Crippen LogP contribution in [0.4, 0.5) is 0 Å². The van der Waals surface area contributed by atoms with E-state index in [1.54, 1.807) is 0 Å². The van der Waals surface area contributed by atoms with E-state index in [2.05, 4.69) is 43.4 Å². The fraction of sp³-hybridized carbons (Fsp3) is 0.273. The van der Waals surface area contributed by atoms with Crippen LogP contribution in [-0.2, 0) is 6.54 Å². The lowest BCUT2D eigenvalue weighted by molar-refractivity contribution is 0.802. The average Bonchev–Trinajstić information content (AvgIpc) is 2.03. The van der Waals surface area contributed by atoms with E-state index in [9.17, 15) is 0 Å². The van der Waals surface area contributed by atoms with Crippen LogP contribution in [-0.4, -0.2) is 0 Å². The van der Waals surface area contributed by atoms with Crippen LogP contribution in [0.25, 0.3) is 6.08 Å². The summed E-state index contributed by atoms with van der Waals surface area (Å²) in [7, 11) is 0. The first kappa shape index (κ1) is 7.41. The maximum absolute atomic E-state index is 3.32. The third-order valence-electron chi connectivity index (χ3n) is 2.23. The van der Waals surface area contributed by atoms with Gasteiger partial charge in [-0.1, -0.05) is 23.8 Å². The van der Waals surface area contributed by atoms with Crippen LogP contribution in [0.3, 0.4) is 0 Å². The summed E-state index contributed by atoms with van der Waals surface area (Å²) >= 11 is 0. The second-order valence-corrected chi connectivity index (χ2v) is 3.38. The van der Waals surface area contributed by atoms with Crippen molar-refractivity contribution in [2.75, 3.05) is 0 Å². The van der Waals surface area contributed by atoms with E-state index in [1.165, 1.54) is 22.4 Å². The molecule has 1 heteroatoms. The Kier molecular flexibility index (Phi) is 1.65. The molecule has 0 spiro atoms. The monoisotopic (exact) mass is 159 g/mol. The van der Waals surface area contributed by atoms with Crippen LogP contribution in [0.15, 0.2) is 23.9 Å². The molecule has 1 aliphatic heterocycles. The molecular formula is C11H13N. The van der Waals surface area contributed by atoms with Crippen molar-refractivity contribution in [3.8, 4) is 0 Å². The van der Waals surface area contributed by atoms with Gasteiger partial charge in [-0.2, -0.15) is 0 Å². The predicted octanol–water partition coefficient (Wildman–Crippen LogP) is 2.46. The molecule has 62 valence electrons. The zero-order valence-electron chi connectivity index (χ0n) is 7.52. The number of aryl methyl sites for hydroxylation is 1. The maximum Gasteiger partial charge on any atom is 0.0403 e. The van der Waals surface area contributed by atoms with E-state index in [0.717, 1.165) is 6.54 Å². The van der Waals surface area contributed by atoms with Gasteiger partial charge in [-0.25, -0.2) is 0 Å². The minimum absolute atomic E-state index is 0.970. The molecule has 0 fully saturated rings. The summed E-state index contributed by atoms with van der Waals surface area (Å²) < 4.78 is 0. The topological polar surface area (TPSA) is 12.0 Å². The molecule has 0 aromatic heterocycles. The first-order chi connectivity index (χ1) is 5.75. The Morgan fingerprint density at radius 1 is 1.25 bits per heavy atom. The van der Waals surface area contributed by atoms with Crippen LogP contribution < -0.4 is 5.32 Å². The Balaban J connectivity index is 2.53. The van der Waals surface area contributed by atoms with Crippen molar-refractivity contribution in [3.63, 3.8) is 0 Å². The van der Waals surface area contributed by atoms with Gasteiger partial charge < -0.3 is 5.32 Å². The Labute approximate surface area is 73.1 Å². The Bertz CT molecular complexity index is 337. The van der Waals surface area contributed by atoms with Crippen LogP contribution in [0.1, 0.15) is 23.6 Å². The highest BCUT2D eigenvalue weighted by Crippen LogP contribution is 2.18. The Morgan fingerprint density at radius 2 is 2.08 bits per heavy atom. The van der Waals surface area contributed by atoms with Crippen molar-refractivity contribution in [2.45, 2.75) is 20.4 Å². The van der Waals surface area contributed by atoms with Crippen LogP contribution in [0.2, 0.25) is 0 Å². The van der Waals surface area contributed by atoms with E-state index in [-0.39, 0.29) is 0 Å². The van der Waals surface area contributed by atoms with Crippen molar-refractivity contribution in [1.29, 1.82) is 0 Å². The first-order valence-electron chi connectivity index (χ1n) is 4.27. The molecule has 1 heterocycles. The standard InChI is InChI=1S/C11H13N/c1-8-3-4-10-7-12-9(2)6-11(10)5-8/h3-6,12H,7H2,1-2H3. The minimum Gasteiger partial charge on any atom is -0.384 e. The number of benzene rings is 1. The highest BCUT2D eigenvalue weighted by atomic mass is 14.9. The van der Waals surface area contributed by atoms with E-state index in [1.807, 2.05) is 0 Å². The van der Waals surface area contributed by atoms with Gasteiger partial charge in [-0.05, 0) is 31.1 Å². The highest BCUT2D eigenvalue weighted by Gasteiger charge is 2.05. The second-order valence-electron chi connectivity index (χ2n) is 3.38. The fourth-order valence-electron chi connectivity index (χ4n) is 1.53. The summed E-state index contributed by atoms with van der Waals surface area (Å²) in [5, 5.41) is 3.32. The highest BCUT2D eigenvalue weighted by molar-refractivity contribution is 5.59. The molecule has 0 bridgehead atoms. The molecule has 0 saturated carbocycles. The third kappa shape index (κ3) is 1.22. The molecule has 1 aliphatic rings. The Morgan fingerprint density at radius 3 is 2.92 bits per heavy atom. The van der Waals surface area contributed by atoms with E-state index in [4.69, 9.17) is 0 Å². The molecule has 0 radical (unpaired) electrons. The van der Waals surface area contributed by atoms with Gasteiger partial charge in [0.25, 0.3) is 0 Å². The summed E-state index contributed by atoms with van der Waals surface area (Å²) in [5.74, 6) is 0.